The maximum absolute atomic E-state index is 12.0. The Morgan fingerprint density at radius 1 is 1.23 bits per heavy atom. The maximum atomic E-state index is 12.0. The van der Waals surface area contributed by atoms with Crippen molar-refractivity contribution < 1.29 is 0 Å². The van der Waals surface area contributed by atoms with Crippen molar-refractivity contribution in [2.45, 2.75) is 56.9 Å². The first kappa shape index (κ1) is 21.6. The fraction of sp³-hybridized carbons (Fsp3) is 0.400. The molecule has 0 spiro atoms. The van der Waals surface area contributed by atoms with E-state index in [0.717, 1.165) is 53.9 Å². The smallest absolute Gasteiger partial charge is 0.255 e. The molecule has 5 heteroatoms. The summed E-state index contributed by atoms with van der Waals surface area (Å²) in [6.45, 7) is 2.19. The average Bonchev–Trinajstić information content (AvgIpc) is 2.75. The van der Waals surface area contributed by atoms with E-state index in [1.54, 1.807) is 6.20 Å². The highest BCUT2D eigenvalue weighted by atomic mass is 79.9. The second kappa shape index (κ2) is 8.86. The van der Waals surface area contributed by atoms with Gasteiger partial charge in [0.25, 0.3) is 5.56 Å². The van der Waals surface area contributed by atoms with E-state index in [1.807, 2.05) is 12.1 Å². The second-order valence-electron chi connectivity index (χ2n) is 8.67. The summed E-state index contributed by atoms with van der Waals surface area (Å²) in [7, 11) is 0. The van der Waals surface area contributed by atoms with Crippen molar-refractivity contribution in [1.29, 1.82) is 0 Å². The Morgan fingerprint density at radius 3 is 2.70 bits per heavy atom. The van der Waals surface area contributed by atoms with Crippen molar-refractivity contribution in [2.75, 3.05) is 0 Å². The fourth-order valence-corrected chi connectivity index (χ4v) is 5.82. The van der Waals surface area contributed by atoms with Crippen LogP contribution in [0.5, 0.6) is 0 Å². The molecule has 30 heavy (non-hydrogen) atoms. The highest BCUT2D eigenvalue weighted by molar-refractivity contribution is 9.10. The lowest BCUT2D eigenvalue weighted by Crippen LogP contribution is -2.47. The standard InChI is InChI=1S/C25H28BrClN2O/c1-2-23(28)25(19-4-3-5-20(26)14-19)9-6-16(7-10-25)12-18-13-17-8-11-29-24(30)21(17)15-22(18)27/h3-5,8,11,13-16,23H,2,6-7,9-10,12,28H2,1H3,(H,29,30). The van der Waals surface area contributed by atoms with E-state index in [-0.39, 0.29) is 17.0 Å². The predicted octanol–water partition coefficient (Wildman–Crippen LogP) is 6.35. The monoisotopic (exact) mass is 486 g/mol. The molecule has 1 aliphatic rings. The fourth-order valence-electron chi connectivity index (χ4n) is 5.18. The van der Waals surface area contributed by atoms with Gasteiger partial charge in [-0.2, -0.15) is 0 Å². The zero-order chi connectivity index (χ0) is 21.3. The number of rotatable bonds is 5. The van der Waals surface area contributed by atoms with Crippen LogP contribution in [0, 0.1) is 5.92 Å². The van der Waals surface area contributed by atoms with E-state index in [9.17, 15) is 4.79 Å². The number of aromatic amines is 1. The first-order valence-corrected chi connectivity index (χ1v) is 11.9. The Balaban J connectivity index is 1.55. The molecule has 2 aromatic carbocycles. The average molecular weight is 488 g/mol. The van der Waals surface area contributed by atoms with Crippen molar-refractivity contribution >= 4 is 38.3 Å². The third kappa shape index (κ3) is 4.10. The molecule has 1 fully saturated rings. The van der Waals surface area contributed by atoms with Gasteiger partial charge in [-0.1, -0.05) is 46.6 Å². The van der Waals surface area contributed by atoms with E-state index in [0.29, 0.717) is 16.3 Å². The van der Waals surface area contributed by atoms with Crippen molar-refractivity contribution in [3.63, 3.8) is 0 Å². The molecule has 3 nitrogen and oxygen atoms in total. The molecule has 4 rings (SSSR count). The van der Waals surface area contributed by atoms with Gasteiger partial charge in [-0.15, -0.1) is 0 Å². The highest BCUT2D eigenvalue weighted by Crippen LogP contribution is 2.46. The van der Waals surface area contributed by atoms with Gasteiger partial charge in [0.05, 0.1) is 0 Å². The molecule has 1 saturated carbocycles. The molecule has 1 aromatic heterocycles. The third-order valence-electron chi connectivity index (χ3n) is 7.00. The quantitative estimate of drug-likeness (QED) is 0.440. The van der Waals surface area contributed by atoms with E-state index in [2.05, 4.69) is 58.2 Å². The van der Waals surface area contributed by atoms with Gasteiger partial charge in [0, 0.05) is 32.5 Å². The van der Waals surface area contributed by atoms with Gasteiger partial charge in [0.1, 0.15) is 0 Å². The predicted molar refractivity (Wildman–Crippen MR) is 129 cm³/mol. The minimum atomic E-state index is -0.0917. The Kier molecular flexibility index (Phi) is 6.38. The molecule has 0 bridgehead atoms. The number of pyridine rings is 1. The lowest BCUT2D eigenvalue weighted by atomic mass is 9.62. The number of nitrogens with two attached hydrogens (primary N) is 1. The molecular weight excluding hydrogens is 460 g/mol. The summed E-state index contributed by atoms with van der Waals surface area (Å²) in [5.74, 6) is 0.575. The van der Waals surface area contributed by atoms with Crippen LogP contribution in [0.15, 0.2) is 57.9 Å². The van der Waals surface area contributed by atoms with E-state index < -0.39 is 0 Å². The summed E-state index contributed by atoms with van der Waals surface area (Å²) < 4.78 is 1.11. The van der Waals surface area contributed by atoms with Gasteiger partial charge in [-0.25, -0.2) is 0 Å². The number of aromatic nitrogens is 1. The molecule has 1 heterocycles. The number of halogens is 2. The Bertz CT molecular complexity index is 1100. The van der Waals surface area contributed by atoms with Crippen molar-refractivity contribution in [1.82, 2.24) is 4.98 Å². The van der Waals surface area contributed by atoms with Gasteiger partial charge in [0.2, 0.25) is 0 Å². The lowest BCUT2D eigenvalue weighted by molar-refractivity contribution is 0.192. The molecule has 1 atom stereocenters. The molecule has 3 N–H and O–H groups in total. The number of H-pyrrole nitrogens is 1. The minimum absolute atomic E-state index is 0.0372. The van der Waals surface area contributed by atoms with Crippen LogP contribution in [0.25, 0.3) is 10.8 Å². The van der Waals surface area contributed by atoms with Crippen LogP contribution in [0.1, 0.15) is 50.2 Å². The van der Waals surface area contributed by atoms with Crippen LogP contribution >= 0.6 is 27.5 Å². The molecule has 3 aromatic rings. The molecule has 0 aliphatic heterocycles. The summed E-state index contributed by atoms with van der Waals surface area (Å²) in [5, 5.41) is 2.29. The van der Waals surface area contributed by atoms with Crippen molar-refractivity contribution in [3.8, 4) is 0 Å². The van der Waals surface area contributed by atoms with Crippen LogP contribution in [0.4, 0.5) is 0 Å². The van der Waals surface area contributed by atoms with E-state index in [4.69, 9.17) is 17.3 Å². The number of nitrogens with one attached hydrogen (secondary N) is 1. The highest BCUT2D eigenvalue weighted by Gasteiger charge is 2.41. The number of hydrogen-bond acceptors (Lipinski definition) is 2. The molecular formula is C25H28BrClN2O. The van der Waals surface area contributed by atoms with Crippen LogP contribution in [0.2, 0.25) is 5.02 Å². The maximum Gasteiger partial charge on any atom is 0.255 e. The van der Waals surface area contributed by atoms with Gasteiger partial charge in [0.15, 0.2) is 0 Å². The molecule has 0 saturated heterocycles. The molecule has 1 unspecified atom stereocenters. The Labute approximate surface area is 191 Å². The number of benzene rings is 2. The van der Waals surface area contributed by atoms with Crippen molar-refractivity contribution in [3.05, 3.63) is 79.6 Å². The largest absolute Gasteiger partial charge is 0.329 e. The van der Waals surface area contributed by atoms with Crippen LogP contribution < -0.4 is 11.3 Å². The van der Waals surface area contributed by atoms with Gasteiger partial charge < -0.3 is 10.7 Å². The molecule has 0 amide bonds. The van der Waals surface area contributed by atoms with Crippen LogP contribution in [-0.4, -0.2) is 11.0 Å². The van der Waals surface area contributed by atoms with E-state index >= 15 is 0 Å². The lowest BCUT2D eigenvalue weighted by Gasteiger charge is -2.45. The molecule has 1 aliphatic carbocycles. The zero-order valence-corrected chi connectivity index (χ0v) is 19.6. The molecule has 0 radical (unpaired) electrons. The Morgan fingerprint density at radius 2 is 2.00 bits per heavy atom. The minimum Gasteiger partial charge on any atom is -0.329 e. The summed E-state index contributed by atoms with van der Waals surface area (Å²) in [6.07, 6.45) is 8.05. The first-order chi connectivity index (χ1) is 14.4. The number of fused-ring (bicyclic) bond motifs is 1. The summed E-state index contributed by atoms with van der Waals surface area (Å²) in [4.78, 5) is 14.7. The summed E-state index contributed by atoms with van der Waals surface area (Å²) in [5.41, 5.74) is 9.13. The summed E-state index contributed by atoms with van der Waals surface area (Å²) >= 11 is 10.2. The Hall–Kier alpha value is -1.62. The topological polar surface area (TPSA) is 58.9 Å². The number of hydrogen-bond donors (Lipinski definition) is 2. The van der Waals surface area contributed by atoms with Crippen LogP contribution in [0.3, 0.4) is 0 Å². The van der Waals surface area contributed by atoms with Crippen molar-refractivity contribution in [2.24, 2.45) is 11.7 Å². The van der Waals surface area contributed by atoms with Gasteiger partial charge in [-0.3, -0.25) is 4.79 Å². The molecule has 158 valence electrons. The normalized spacial score (nSPS) is 22.9. The van der Waals surface area contributed by atoms with Gasteiger partial charge in [-0.05, 0) is 91.3 Å². The van der Waals surface area contributed by atoms with Gasteiger partial charge >= 0.3 is 0 Å². The zero-order valence-electron chi connectivity index (χ0n) is 17.3. The summed E-state index contributed by atoms with van der Waals surface area (Å²) in [6, 6.07) is 14.7. The van der Waals surface area contributed by atoms with Crippen LogP contribution in [-0.2, 0) is 11.8 Å². The van der Waals surface area contributed by atoms with E-state index in [1.165, 1.54) is 5.56 Å². The third-order valence-corrected chi connectivity index (χ3v) is 7.84. The first-order valence-electron chi connectivity index (χ1n) is 10.7. The second-order valence-corrected chi connectivity index (χ2v) is 9.99. The SMILES string of the molecule is CCC(N)C1(c2cccc(Br)c2)CCC(Cc2cc3cc[nH]c(=O)c3cc2Cl)CC1.